The molecular weight excluding hydrogens is 376 g/mol. The van der Waals surface area contributed by atoms with Crippen LogP contribution in [-0.2, 0) is 18.3 Å². The molecule has 0 aliphatic carbocycles. The van der Waals surface area contributed by atoms with Gasteiger partial charge in [-0.15, -0.1) is 0 Å². The van der Waals surface area contributed by atoms with Crippen LogP contribution >= 0.6 is 11.8 Å². The molecule has 3 aromatic rings. The van der Waals surface area contributed by atoms with E-state index in [4.69, 9.17) is 0 Å². The Kier molecular flexibility index (Phi) is 6.17. The highest BCUT2D eigenvalue weighted by Crippen LogP contribution is 2.23. The van der Waals surface area contributed by atoms with Crippen LogP contribution in [0.3, 0.4) is 0 Å². The quantitative estimate of drug-likeness (QED) is 0.468. The van der Waals surface area contributed by atoms with Crippen molar-refractivity contribution in [1.29, 1.82) is 0 Å². The molecule has 3 rings (SSSR count). The summed E-state index contributed by atoms with van der Waals surface area (Å²) in [5.74, 6) is 0.219. The number of fused-ring (bicyclic) bond motifs is 1. The number of amides is 1. The van der Waals surface area contributed by atoms with Crippen molar-refractivity contribution in [2.24, 2.45) is 7.05 Å². The number of alkyl halides is 2. The molecule has 27 heavy (non-hydrogen) atoms. The number of carbonyl (C=O) groups excluding carboxylic acids is 1. The van der Waals surface area contributed by atoms with Crippen LogP contribution in [0.15, 0.2) is 41.8 Å². The number of thioether (sulfide) groups is 1. The van der Waals surface area contributed by atoms with Crippen LogP contribution in [0, 0.1) is 0 Å². The summed E-state index contributed by atoms with van der Waals surface area (Å²) in [7, 11) is 1.79. The molecule has 0 radical (unpaired) electrons. The van der Waals surface area contributed by atoms with Crippen molar-refractivity contribution in [2.45, 2.75) is 18.1 Å². The van der Waals surface area contributed by atoms with E-state index in [0.717, 1.165) is 10.9 Å². The molecule has 0 bridgehead atoms. The van der Waals surface area contributed by atoms with E-state index in [-0.39, 0.29) is 17.4 Å². The van der Waals surface area contributed by atoms with E-state index < -0.39 is 6.61 Å². The fraction of sp³-hybridized carbons (Fsp3) is 0.294. The molecule has 0 unspecified atom stereocenters. The van der Waals surface area contributed by atoms with Crippen molar-refractivity contribution in [3.8, 4) is 5.75 Å². The minimum absolute atomic E-state index is 0.112. The standard InChI is InChI=1S/C17H17F2N5O2S/c1-24-15-13(8-23-24)16(22-10-21-15)27-9-14(25)20-7-6-11-2-4-12(5-3-11)26-17(18)19/h2-5,8,10,17H,6-7,9H2,1H3,(H,20,25). The van der Waals surface area contributed by atoms with Crippen molar-refractivity contribution in [1.82, 2.24) is 25.1 Å². The number of hydrogen-bond donors (Lipinski definition) is 1. The molecule has 0 spiro atoms. The van der Waals surface area contributed by atoms with Gasteiger partial charge in [0.2, 0.25) is 5.91 Å². The van der Waals surface area contributed by atoms with E-state index >= 15 is 0 Å². The van der Waals surface area contributed by atoms with Crippen LogP contribution in [0.4, 0.5) is 8.78 Å². The first kappa shape index (κ1) is 19.0. The van der Waals surface area contributed by atoms with Gasteiger partial charge in [-0.05, 0) is 24.1 Å². The SMILES string of the molecule is Cn1ncc2c(SCC(=O)NCCc3ccc(OC(F)F)cc3)ncnc21. The fourth-order valence-corrected chi connectivity index (χ4v) is 3.22. The third-order valence-electron chi connectivity index (χ3n) is 3.72. The van der Waals surface area contributed by atoms with Gasteiger partial charge in [0, 0.05) is 13.6 Å². The summed E-state index contributed by atoms with van der Waals surface area (Å²) in [6.45, 7) is -2.39. The van der Waals surface area contributed by atoms with Gasteiger partial charge in [-0.25, -0.2) is 9.97 Å². The topological polar surface area (TPSA) is 81.9 Å². The smallest absolute Gasteiger partial charge is 0.387 e. The highest BCUT2D eigenvalue weighted by molar-refractivity contribution is 8.00. The molecule has 0 saturated carbocycles. The Bertz CT molecular complexity index is 917. The van der Waals surface area contributed by atoms with Crippen LogP contribution in [0.2, 0.25) is 0 Å². The van der Waals surface area contributed by atoms with E-state index in [2.05, 4.69) is 25.1 Å². The third-order valence-corrected chi connectivity index (χ3v) is 4.72. The normalized spacial score (nSPS) is 11.1. The van der Waals surface area contributed by atoms with Gasteiger partial charge in [0.15, 0.2) is 5.65 Å². The first-order valence-electron chi connectivity index (χ1n) is 8.09. The average Bonchev–Trinajstić information content (AvgIpc) is 3.03. The largest absolute Gasteiger partial charge is 0.435 e. The van der Waals surface area contributed by atoms with Crippen molar-refractivity contribution in [3.63, 3.8) is 0 Å². The average molecular weight is 393 g/mol. The highest BCUT2D eigenvalue weighted by Gasteiger charge is 2.10. The van der Waals surface area contributed by atoms with Crippen LogP contribution in [0.25, 0.3) is 11.0 Å². The zero-order chi connectivity index (χ0) is 19.2. The maximum atomic E-state index is 12.1. The van der Waals surface area contributed by atoms with Gasteiger partial charge < -0.3 is 10.1 Å². The molecule has 0 saturated heterocycles. The number of nitrogens with one attached hydrogen (secondary N) is 1. The Morgan fingerprint density at radius 2 is 2.07 bits per heavy atom. The molecule has 142 valence electrons. The summed E-state index contributed by atoms with van der Waals surface area (Å²) < 4.78 is 30.2. The van der Waals surface area contributed by atoms with Crippen LogP contribution in [0.1, 0.15) is 5.56 Å². The molecule has 2 aromatic heterocycles. The summed E-state index contributed by atoms with van der Waals surface area (Å²) in [5, 5.41) is 8.48. The number of nitrogens with zero attached hydrogens (tertiary/aromatic N) is 4. The molecule has 7 nitrogen and oxygen atoms in total. The Labute approximate surface area is 158 Å². The Morgan fingerprint density at radius 3 is 2.81 bits per heavy atom. The van der Waals surface area contributed by atoms with Crippen LogP contribution in [0.5, 0.6) is 5.75 Å². The first-order chi connectivity index (χ1) is 13.0. The van der Waals surface area contributed by atoms with Gasteiger partial charge in [-0.2, -0.15) is 13.9 Å². The molecule has 10 heteroatoms. The summed E-state index contributed by atoms with van der Waals surface area (Å²) in [5.41, 5.74) is 1.63. The molecule has 0 aliphatic heterocycles. The number of carbonyl (C=O) groups is 1. The Hall–Kier alpha value is -2.75. The Morgan fingerprint density at radius 1 is 1.30 bits per heavy atom. The van der Waals surface area contributed by atoms with E-state index in [1.807, 2.05) is 0 Å². The second kappa shape index (κ2) is 8.76. The third kappa shape index (κ3) is 5.13. The number of aromatic nitrogens is 4. The zero-order valence-corrected chi connectivity index (χ0v) is 15.2. The number of benzene rings is 1. The number of rotatable bonds is 8. The maximum Gasteiger partial charge on any atom is 0.387 e. The van der Waals surface area contributed by atoms with Gasteiger partial charge in [0.25, 0.3) is 0 Å². The first-order valence-corrected chi connectivity index (χ1v) is 9.07. The molecule has 0 aliphatic rings. The molecule has 2 heterocycles. The maximum absolute atomic E-state index is 12.1. The second-order valence-corrected chi connectivity index (χ2v) is 6.56. The summed E-state index contributed by atoms with van der Waals surface area (Å²) >= 11 is 1.32. The van der Waals surface area contributed by atoms with E-state index in [1.165, 1.54) is 30.2 Å². The molecule has 0 fully saturated rings. The van der Waals surface area contributed by atoms with Gasteiger partial charge in [0.1, 0.15) is 17.1 Å². The lowest BCUT2D eigenvalue weighted by Crippen LogP contribution is -2.27. The lowest BCUT2D eigenvalue weighted by Gasteiger charge is -2.07. The number of aryl methyl sites for hydroxylation is 1. The molecule has 1 N–H and O–H groups in total. The second-order valence-electron chi connectivity index (χ2n) is 5.60. The van der Waals surface area contributed by atoms with Crippen LogP contribution in [-0.4, -0.2) is 44.6 Å². The van der Waals surface area contributed by atoms with Gasteiger partial charge in [0.05, 0.1) is 17.3 Å². The predicted molar refractivity (Wildman–Crippen MR) is 96.8 cm³/mol. The molecular formula is C17H17F2N5O2S. The lowest BCUT2D eigenvalue weighted by molar-refractivity contribution is -0.118. The van der Waals surface area contributed by atoms with Crippen LogP contribution < -0.4 is 10.1 Å². The van der Waals surface area contributed by atoms with Crippen molar-refractivity contribution in [3.05, 3.63) is 42.4 Å². The number of hydrogen-bond acceptors (Lipinski definition) is 6. The summed E-state index contributed by atoms with van der Waals surface area (Å²) in [6.07, 6.45) is 3.72. The molecule has 1 aromatic carbocycles. The highest BCUT2D eigenvalue weighted by atomic mass is 32.2. The van der Waals surface area contributed by atoms with E-state index in [0.29, 0.717) is 23.6 Å². The lowest BCUT2D eigenvalue weighted by atomic mass is 10.1. The zero-order valence-electron chi connectivity index (χ0n) is 14.4. The van der Waals surface area contributed by atoms with Crippen molar-refractivity contribution < 1.29 is 18.3 Å². The van der Waals surface area contributed by atoms with E-state index in [9.17, 15) is 13.6 Å². The summed E-state index contributed by atoms with van der Waals surface area (Å²) in [4.78, 5) is 20.4. The van der Waals surface area contributed by atoms with Crippen molar-refractivity contribution in [2.75, 3.05) is 12.3 Å². The minimum Gasteiger partial charge on any atom is -0.435 e. The van der Waals surface area contributed by atoms with Gasteiger partial charge >= 0.3 is 6.61 Å². The Balaban J connectivity index is 1.44. The number of ether oxygens (including phenoxy) is 1. The van der Waals surface area contributed by atoms with Crippen molar-refractivity contribution >= 4 is 28.7 Å². The summed E-state index contributed by atoms with van der Waals surface area (Å²) in [6, 6.07) is 6.35. The van der Waals surface area contributed by atoms with Gasteiger partial charge in [-0.1, -0.05) is 23.9 Å². The van der Waals surface area contributed by atoms with E-state index in [1.54, 1.807) is 30.1 Å². The minimum atomic E-state index is -2.84. The predicted octanol–water partition coefficient (Wildman–Crippen LogP) is 2.42. The molecule has 0 atom stereocenters. The molecule has 1 amide bonds. The fourth-order valence-electron chi connectivity index (χ4n) is 2.42. The number of halogens is 2. The monoisotopic (exact) mass is 393 g/mol. The van der Waals surface area contributed by atoms with Gasteiger partial charge in [-0.3, -0.25) is 9.48 Å².